The van der Waals surface area contributed by atoms with Gasteiger partial charge in [0.25, 0.3) is 0 Å². The Hall–Kier alpha value is -0.860. The van der Waals surface area contributed by atoms with Crippen molar-refractivity contribution in [1.29, 1.82) is 0 Å². The van der Waals surface area contributed by atoms with E-state index in [1.165, 1.54) is 23.5 Å². The number of rotatable bonds is 9. The van der Waals surface area contributed by atoms with Gasteiger partial charge >= 0.3 is 11.9 Å². The minimum atomic E-state index is -0.856. The van der Waals surface area contributed by atoms with Gasteiger partial charge in [-0.3, -0.25) is 14.3 Å². The summed E-state index contributed by atoms with van der Waals surface area (Å²) in [6.45, 7) is 1.84. The summed E-state index contributed by atoms with van der Waals surface area (Å²) >= 11 is 9.13. The first-order valence-corrected chi connectivity index (χ1v) is 8.66. The third-order valence-corrected chi connectivity index (χ3v) is 5.82. The molecule has 0 aliphatic heterocycles. The molecule has 0 spiro atoms. The molecule has 0 radical (unpaired) electrons. The van der Waals surface area contributed by atoms with Crippen molar-refractivity contribution < 1.29 is 19.8 Å². The molecule has 9 heteroatoms. The summed E-state index contributed by atoms with van der Waals surface area (Å²) in [6, 6.07) is 0. The maximum atomic E-state index is 10.6. The van der Waals surface area contributed by atoms with Crippen LogP contribution < -0.4 is 0 Å². The molecule has 0 saturated heterocycles. The molecule has 0 atom stereocenters. The smallest absolute Gasteiger partial charge is 0.304 e. The predicted octanol–water partition coefficient (Wildman–Crippen LogP) is 2.80. The van der Waals surface area contributed by atoms with Crippen molar-refractivity contribution in [1.82, 2.24) is 9.78 Å². The molecule has 2 N–H and O–H groups in total. The fourth-order valence-electron chi connectivity index (χ4n) is 1.64. The van der Waals surface area contributed by atoms with Gasteiger partial charge in [-0.05, 0) is 6.92 Å². The summed E-state index contributed by atoms with van der Waals surface area (Å²) in [6.07, 6.45) is 0.106. The molecule has 0 fully saturated rings. The molecule has 0 aromatic carbocycles. The zero-order chi connectivity index (χ0) is 16.0. The Morgan fingerprint density at radius 1 is 1.24 bits per heavy atom. The van der Waals surface area contributed by atoms with E-state index >= 15 is 0 Å². The van der Waals surface area contributed by atoms with E-state index in [-0.39, 0.29) is 17.4 Å². The minimum absolute atomic E-state index is 0.0532. The third kappa shape index (κ3) is 5.80. The van der Waals surface area contributed by atoms with E-state index in [4.69, 9.17) is 21.8 Å². The lowest BCUT2D eigenvalue weighted by molar-refractivity contribution is -0.137. The quantitative estimate of drug-likeness (QED) is 0.660. The van der Waals surface area contributed by atoms with Crippen molar-refractivity contribution in [2.24, 2.45) is 7.05 Å². The highest BCUT2D eigenvalue weighted by molar-refractivity contribution is 8.16. The summed E-state index contributed by atoms with van der Waals surface area (Å²) in [4.78, 5) is 21.2. The lowest BCUT2D eigenvalue weighted by Gasteiger charge is -2.15. The predicted molar refractivity (Wildman–Crippen MR) is 85.1 cm³/mol. The number of carbonyl (C=O) groups is 2. The van der Waals surface area contributed by atoms with Gasteiger partial charge in [0.2, 0.25) is 0 Å². The molecule has 1 aromatic heterocycles. The third-order valence-electron chi connectivity index (χ3n) is 2.60. The molecule has 118 valence electrons. The lowest BCUT2D eigenvalue weighted by atomic mass is 10.3. The summed E-state index contributed by atoms with van der Waals surface area (Å²) in [7, 11) is 1.74. The molecule has 1 rings (SSSR count). The molecule has 21 heavy (non-hydrogen) atoms. The second kappa shape index (κ2) is 8.55. The van der Waals surface area contributed by atoms with Gasteiger partial charge < -0.3 is 10.2 Å². The number of carboxylic acid groups (broad SMARTS) is 2. The Labute approximate surface area is 136 Å². The zero-order valence-corrected chi connectivity index (χ0v) is 14.1. The molecule has 0 aliphatic carbocycles. The Bertz CT molecular complexity index is 502. The molecule has 0 aliphatic rings. The Balaban J connectivity index is 2.79. The first-order valence-electron chi connectivity index (χ1n) is 6.18. The number of aromatic nitrogens is 2. The maximum Gasteiger partial charge on any atom is 0.304 e. The standard InChI is InChI=1S/C12H17ClN2O4S2/c1-7-10(11(13)15(2)14-7)12(20-5-3-8(16)17)21-6-4-9(18)19/h12H,3-6H2,1-2H3,(H,16,17)(H,18,19). The van der Waals surface area contributed by atoms with Gasteiger partial charge in [0, 0.05) is 24.1 Å². The average molecular weight is 353 g/mol. The van der Waals surface area contributed by atoms with E-state index in [0.717, 1.165) is 11.3 Å². The van der Waals surface area contributed by atoms with E-state index in [0.29, 0.717) is 16.7 Å². The van der Waals surface area contributed by atoms with Gasteiger partial charge in [-0.1, -0.05) is 11.6 Å². The normalized spacial score (nSPS) is 11.0. The molecule has 0 saturated carbocycles. The number of aryl methyl sites for hydroxylation is 2. The molecule has 0 unspecified atom stereocenters. The maximum absolute atomic E-state index is 10.6. The topological polar surface area (TPSA) is 92.4 Å². The van der Waals surface area contributed by atoms with Gasteiger partial charge in [-0.2, -0.15) is 5.10 Å². The van der Waals surface area contributed by atoms with Crippen LogP contribution in [0.25, 0.3) is 0 Å². The molecule has 1 heterocycles. The Morgan fingerprint density at radius 2 is 1.71 bits per heavy atom. The van der Waals surface area contributed by atoms with E-state index < -0.39 is 11.9 Å². The summed E-state index contributed by atoms with van der Waals surface area (Å²) < 4.78 is 1.44. The summed E-state index contributed by atoms with van der Waals surface area (Å²) in [5.74, 6) is -0.841. The van der Waals surface area contributed by atoms with Crippen LogP contribution in [-0.2, 0) is 16.6 Å². The molecule has 1 aromatic rings. The van der Waals surface area contributed by atoms with Gasteiger partial charge in [-0.25, -0.2) is 0 Å². The number of hydrogen-bond donors (Lipinski definition) is 2. The van der Waals surface area contributed by atoms with E-state index in [2.05, 4.69) is 5.10 Å². The van der Waals surface area contributed by atoms with Crippen LogP contribution in [0.2, 0.25) is 5.15 Å². The fraction of sp³-hybridized carbons (Fsp3) is 0.583. The number of nitrogens with zero attached hydrogens (tertiary/aromatic N) is 2. The van der Waals surface area contributed by atoms with Crippen molar-refractivity contribution in [2.75, 3.05) is 11.5 Å². The van der Waals surface area contributed by atoms with Crippen LogP contribution in [0.15, 0.2) is 0 Å². The SMILES string of the molecule is Cc1nn(C)c(Cl)c1C(SCCC(=O)O)SCCC(=O)O. The van der Waals surface area contributed by atoms with Gasteiger partial charge in [0.15, 0.2) is 0 Å². The zero-order valence-electron chi connectivity index (χ0n) is 11.7. The molecule has 6 nitrogen and oxygen atoms in total. The van der Waals surface area contributed by atoms with Gasteiger partial charge in [0.1, 0.15) is 5.15 Å². The second-order valence-corrected chi connectivity index (χ2v) is 7.36. The highest BCUT2D eigenvalue weighted by Gasteiger charge is 2.22. The molecule has 0 amide bonds. The van der Waals surface area contributed by atoms with Crippen molar-refractivity contribution in [3.8, 4) is 0 Å². The van der Waals surface area contributed by atoms with Crippen LogP contribution >= 0.6 is 35.1 Å². The van der Waals surface area contributed by atoms with Crippen molar-refractivity contribution in [3.63, 3.8) is 0 Å². The van der Waals surface area contributed by atoms with Crippen LogP contribution in [0, 0.1) is 6.92 Å². The van der Waals surface area contributed by atoms with E-state index in [1.807, 2.05) is 6.92 Å². The Morgan fingerprint density at radius 3 is 2.05 bits per heavy atom. The summed E-state index contributed by atoms with van der Waals surface area (Å²) in [5.41, 5.74) is 1.61. The minimum Gasteiger partial charge on any atom is -0.481 e. The molecule has 0 bridgehead atoms. The van der Waals surface area contributed by atoms with Gasteiger partial charge in [-0.15, -0.1) is 23.5 Å². The van der Waals surface area contributed by atoms with Crippen LogP contribution in [-0.4, -0.2) is 43.4 Å². The highest BCUT2D eigenvalue weighted by Crippen LogP contribution is 2.44. The molecular formula is C12H17ClN2O4S2. The lowest BCUT2D eigenvalue weighted by Crippen LogP contribution is -2.02. The van der Waals surface area contributed by atoms with E-state index in [9.17, 15) is 9.59 Å². The van der Waals surface area contributed by atoms with Crippen LogP contribution in [0.5, 0.6) is 0 Å². The van der Waals surface area contributed by atoms with Crippen molar-refractivity contribution >= 4 is 47.1 Å². The number of hydrogen-bond acceptors (Lipinski definition) is 5. The Kier molecular flexibility index (Phi) is 7.41. The average Bonchev–Trinajstić information content (AvgIpc) is 2.61. The van der Waals surface area contributed by atoms with Gasteiger partial charge in [0.05, 0.1) is 23.1 Å². The second-order valence-electron chi connectivity index (χ2n) is 4.27. The fourth-order valence-corrected chi connectivity index (χ4v) is 4.92. The summed E-state index contributed by atoms with van der Waals surface area (Å²) in [5, 5.41) is 22.2. The molecular weight excluding hydrogens is 336 g/mol. The number of carboxylic acids is 2. The largest absolute Gasteiger partial charge is 0.481 e. The van der Waals surface area contributed by atoms with Crippen molar-refractivity contribution in [3.05, 3.63) is 16.4 Å². The first-order chi connectivity index (χ1) is 9.82. The number of aliphatic carboxylic acids is 2. The number of thioether (sulfide) groups is 2. The van der Waals surface area contributed by atoms with Crippen LogP contribution in [0.4, 0.5) is 0 Å². The highest BCUT2D eigenvalue weighted by atomic mass is 35.5. The van der Waals surface area contributed by atoms with E-state index in [1.54, 1.807) is 11.7 Å². The monoisotopic (exact) mass is 352 g/mol. The van der Waals surface area contributed by atoms with Crippen LogP contribution in [0.1, 0.15) is 28.7 Å². The first kappa shape index (κ1) is 18.2. The number of halogens is 1. The van der Waals surface area contributed by atoms with Crippen LogP contribution in [0.3, 0.4) is 0 Å². The van der Waals surface area contributed by atoms with Crippen molar-refractivity contribution in [2.45, 2.75) is 24.3 Å².